The third-order valence-electron chi connectivity index (χ3n) is 2.63. The Morgan fingerprint density at radius 2 is 2.25 bits per heavy atom. The van der Waals surface area contributed by atoms with Crippen molar-refractivity contribution >= 4 is 11.6 Å². The van der Waals surface area contributed by atoms with E-state index >= 15 is 0 Å². The van der Waals surface area contributed by atoms with Gasteiger partial charge in [0.05, 0.1) is 16.9 Å². The van der Waals surface area contributed by atoms with Crippen molar-refractivity contribution in [2.45, 2.75) is 45.3 Å². The molecule has 0 bridgehead atoms. The summed E-state index contributed by atoms with van der Waals surface area (Å²) in [5, 5.41) is 4.46. The average Bonchev–Trinajstić information content (AvgIpc) is 2.61. The minimum absolute atomic E-state index is 0.0704. The molecule has 1 unspecified atom stereocenters. The molecule has 1 aromatic heterocycles. The lowest BCUT2D eigenvalue weighted by Gasteiger charge is -2.26. The Morgan fingerprint density at radius 1 is 1.62 bits per heavy atom. The van der Waals surface area contributed by atoms with Gasteiger partial charge in [-0.25, -0.2) is 4.39 Å². The van der Waals surface area contributed by atoms with Gasteiger partial charge in [-0.3, -0.25) is 4.68 Å². The smallest absolute Gasteiger partial charge is 0.165 e. The third-order valence-corrected chi connectivity index (χ3v) is 2.91. The van der Waals surface area contributed by atoms with Crippen molar-refractivity contribution in [1.82, 2.24) is 9.78 Å². The molecule has 0 radical (unpaired) electrons. The molecule has 1 aromatic rings. The Bertz CT molecular complexity index is 351. The predicted octanol–water partition coefficient (Wildman–Crippen LogP) is 3.04. The van der Waals surface area contributed by atoms with E-state index in [0.717, 1.165) is 0 Å². The Hall–Kier alpha value is -0.610. The van der Waals surface area contributed by atoms with Crippen molar-refractivity contribution < 1.29 is 4.39 Å². The van der Waals surface area contributed by atoms with E-state index in [2.05, 4.69) is 5.10 Å². The Kier molecular flexibility index (Phi) is 4.33. The van der Waals surface area contributed by atoms with Crippen LogP contribution in [0.1, 0.15) is 45.3 Å². The van der Waals surface area contributed by atoms with Crippen LogP contribution in [0, 0.1) is 0 Å². The van der Waals surface area contributed by atoms with Crippen molar-refractivity contribution in [1.29, 1.82) is 0 Å². The van der Waals surface area contributed by atoms with Crippen LogP contribution in [0.2, 0.25) is 5.02 Å². The van der Waals surface area contributed by atoms with Gasteiger partial charge in [-0.15, -0.1) is 0 Å². The van der Waals surface area contributed by atoms with Crippen LogP contribution in [-0.4, -0.2) is 16.3 Å². The van der Waals surface area contributed by atoms with Gasteiger partial charge in [-0.05, 0) is 20.3 Å². The van der Waals surface area contributed by atoms with Gasteiger partial charge in [0.25, 0.3) is 0 Å². The number of nitrogens with zero attached hydrogens (tertiary/aromatic N) is 2. The molecule has 0 spiro atoms. The summed E-state index contributed by atoms with van der Waals surface area (Å²) in [5.41, 5.74) is 4.38. The van der Waals surface area contributed by atoms with Crippen molar-refractivity contribution in [3.05, 3.63) is 16.9 Å². The van der Waals surface area contributed by atoms with E-state index in [-0.39, 0.29) is 12.6 Å². The average molecular weight is 248 g/mol. The first-order valence-corrected chi connectivity index (χ1v) is 5.96. The summed E-state index contributed by atoms with van der Waals surface area (Å²) < 4.78 is 16.3. The molecule has 0 aliphatic heterocycles. The van der Waals surface area contributed by atoms with Crippen LogP contribution < -0.4 is 5.73 Å². The second-order valence-corrected chi connectivity index (χ2v) is 4.71. The maximum Gasteiger partial charge on any atom is 0.165 e. The quantitative estimate of drug-likeness (QED) is 0.869. The van der Waals surface area contributed by atoms with Crippen molar-refractivity contribution in [2.75, 3.05) is 6.54 Å². The van der Waals surface area contributed by atoms with Crippen LogP contribution in [0.15, 0.2) is 6.20 Å². The zero-order valence-corrected chi connectivity index (χ0v) is 10.8. The van der Waals surface area contributed by atoms with E-state index in [4.69, 9.17) is 17.3 Å². The Balaban J connectivity index is 3.22. The molecule has 1 rings (SSSR count). The molecule has 0 saturated carbocycles. The van der Waals surface area contributed by atoms with Gasteiger partial charge in [-0.1, -0.05) is 24.9 Å². The summed E-state index contributed by atoms with van der Waals surface area (Å²) in [6.45, 7) is 5.73. The van der Waals surface area contributed by atoms with Crippen LogP contribution in [0.5, 0.6) is 0 Å². The van der Waals surface area contributed by atoms with E-state index in [0.29, 0.717) is 23.6 Å². The fourth-order valence-electron chi connectivity index (χ4n) is 1.87. The summed E-state index contributed by atoms with van der Waals surface area (Å²) >= 11 is 6.01. The van der Waals surface area contributed by atoms with Gasteiger partial charge in [0.1, 0.15) is 0 Å². The minimum Gasteiger partial charge on any atom is -0.327 e. The van der Waals surface area contributed by atoms with E-state index < -0.39 is 5.67 Å². The molecule has 2 N–H and O–H groups in total. The first kappa shape index (κ1) is 13.5. The summed E-state index contributed by atoms with van der Waals surface area (Å²) in [6, 6.07) is 0.0704. The van der Waals surface area contributed by atoms with Gasteiger partial charge in [0.15, 0.2) is 5.67 Å². The van der Waals surface area contributed by atoms with Gasteiger partial charge in [-0.2, -0.15) is 5.10 Å². The van der Waals surface area contributed by atoms with Crippen molar-refractivity contribution in [2.24, 2.45) is 5.73 Å². The second kappa shape index (κ2) is 5.15. The standard InChI is InChI=1S/C11H19ClFN3/c1-4-5-11(13,7-14)10-9(12)6-15-16(10)8(2)3/h6,8H,4-5,7,14H2,1-3H3. The van der Waals surface area contributed by atoms with Gasteiger partial charge in [0, 0.05) is 12.6 Å². The molecule has 0 amide bonds. The predicted molar refractivity (Wildman–Crippen MR) is 64.4 cm³/mol. The largest absolute Gasteiger partial charge is 0.327 e. The molecule has 0 aliphatic carbocycles. The van der Waals surface area contributed by atoms with Gasteiger partial charge < -0.3 is 5.73 Å². The number of nitrogens with two attached hydrogens (primary N) is 1. The van der Waals surface area contributed by atoms with Crippen LogP contribution in [0.4, 0.5) is 4.39 Å². The molecule has 1 atom stereocenters. The van der Waals surface area contributed by atoms with Gasteiger partial charge >= 0.3 is 0 Å². The van der Waals surface area contributed by atoms with Crippen LogP contribution >= 0.6 is 11.6 Å². The number of alkyl halides is 1. The number of halogens is 2. The lowest BCUT2D eigenvalue weighted by molar-refractivity contribution is 0.143. The molecule has 1 heterocycles. The molecule has 16 heavy (non-hydrogen) atoms. The Labute approximate surface area is 101 Å². The number of hydrogen-bond acceptors (Lipinski definition) is 2. The first-order valence-electron chi connectivity index (χ1n) is 5.58. The fourth-order valence-corrected chi connectivity index (χ4v) is 2.17. The van der Waals surface area contributed by atoms with Crippen molar-refractivity contribution in [3.8, 4) is 0 Å². The molecule has 0 fully saturated rings. The number of rotatable bonds is 5. The molecular formula is C11H19ClFN3. The molecular weight excluding hydrogens is 229 g/mol. The summed E-state index contributed by atoms with van der Waals surface area (Å²) in [7, 11) is 0. The number of hydrogen-bond donors (Lipinski definition) is 1. The zero-order valence-electron chi connectivity index (χ0n) is 10.0. The lowest BCUT2D eigenvalue weighted by atomic mass is 9.96. The highest BCUT2D eigenvalue weighted by Gasteiger charge is 2.36. The SMILES string of the molecule is CCCC(F)(CN)c1c(Cl)cnn1C(C)C. The molecule has 5 heteroatoms. The lowest BCUT2D eigenvalue weighted by Crippen LogP contribution is -2.33. The monoisotopic (exact) mass is 247 g/mol. The highest BCUT2D eigenvalue weighted by Crippen LogP contribution is 2.36. The normalized spacial score (nSPS) is 15.4. The summed E-state index contributed by atoms with van der Waals surface area (Å²) in [6.07, 6.45) is 2.56. The maximum atomic E-state index is 14.7. The molecule has 0 aromatic carbocycles. The molecule has 3 nitrogen and oxygen atoms in total. The highest BCUT2D eigenvalue weighted by atomic mass is 35.5. The van der Waals surface area contributed by atoms with E-state index in [1.165, 1.54) is 6.20 Å². The molecule has 0 saturated heterocycles. The highest BCUT2D eigenvalue weighted by molar-refractivity contribution is 6.31. The number of aromatic nitrogens is 2. The summed E-state index contributed by atoms with van der Waals surface area (Å²) in [4.78, 5) is 0. The third kappa shape index (κ3) is 2.38. The molecule has 92 valence electrons. The summed E-state index contributed by atoms with van der Waals surface area (Å²) in [5.74, 6) is 0. The van der Waals surface area contributed by atoms with Crippen LogP contribution in [0.3, 0.4) is 0 Å². The minimum atomic E-state index is -1.58. The van der Waals surface area contributed by atoms with E-state index in [9.17, 15) is 4.39 Å². The van der Waals surface area contributed by atoms with E-state index in [1.54, 1.807) is 4.68 Å². The van der Waals surface area contributed by atoms with E-state index in [1.807, 2.05) is 20.8 Å². The van der Waals surface area contributed by atoms with Crippen molar-refractivity contribution in [3.63, 3.8) is 0 Å². The van der Waals surface area contributed by atoms with Crippen LogP contribution in [-0.2, 0) is 5.67 Å². The fraction of sp³-hybridized carbons (Fsp3) is 0.727. The van der Waals surface area contributed by atoms with Gasteiger partial charge in [0.2, 0.25) is 0 Å². The second-order valence-electron chi connectivity index (χ2n) is 4.30. The zero-order chi connectivity index (χ0) is 12.3. The van der Waals surface area contributed by atoms with Crippen LogP contribution in [0.25, 0.3) is 0 Å². The Morgan fingerprint density at radius 3 is 2.69 bits per heavy atom. The maximum absolute atomic E-state index is 14.7. The molecule has 0 aliphatic rings. The first-order chi connectivity index (χ1) is 7.46. The topological polar surface area (TPSA) is 43.8 Å².